The Balaban J connectivity index is 0. The van der Waals surface area contributed by atoms with Crippen molar-refractivity contribution in [2.45, 2.75) is 38.3 Å². The quantitative estimate of drug-likeness (QED) is 0.252. The average Bonchev–Trinajstić information content (AvgIpc) is 3.34. The van der Waals surface area contributed by atoms with Gasteiger partial charge in [-0.05, 0) is 64.3 Å². The molecule has 1 heterocycles. The van der Waals surface area contributed by atoms with Crippen LogP contribution in [0.4, 0.5) is 0 Å². The first-order valence-corrected chi connectivity index (χ1v) is 12.6. The van der Waals surface area contributed by atoms with E-state index in [4.69, 9.17) is 5.73 Å². The minimum atomic E-state index is 0. The van der Waals surface area contributed by atoms with E-state index >= 15 is 0 Å². The van der Waals surface area contributed by atoms with Gasteiger partial charge in [0.2, 0.25) is 0 Å². The number of hydrogen-bond acceptors (Lipinski definition) is 4. The maximum Gasteiger partial charge on any atom is 1.00 e. The molecule has 2 aromatic rings. The number of allylic oxidation sites excluding steroid dienone is 2. The molecule has 1 saturated heterocycles. The largest absolute Gasteiger partial charge is 1.00 e. The van der Waals surface area contributed by atoms with Gasteiger partial charge in [0.15, 0.2) is 0 Å². The topological polar surface area (TPSA) is 53.3 Å². The van der Waals surface area contributed by atoms with E-state index in [1.807, 2.05) is 49.5 Å². The van der Waals surface area contributed by atoms with E-state index in [-0.39, 0.29) is 29.6 Å². The second-order valence-corrected chi connectivity index (χ2v) is 8.38. The van der Waals surface area contributed by atoms with E-state index in [0.29, 0.717) is 5.92 Å². The number of hydrogen-bond donors (Lipinski definition) is 3. The Bertz CT molecular complexity index is 739. The van der Waals surface area contributed by atoms with Gasteiger partial charge in [0.1, 0.15) is 0 Å². The summed E-state index contributed by atoms with van der Waals surface area (Å²) in [6.45, 7) is 19.5. The molecular weight excluding hydrogens is 451 g/mol. The molecule has 0 amide bonds. The van der Waals surface area contributed by atoms with Crippen molar-refractivity contribution in [1.82, 2.24) is 15.5 Å². The maximum atomic E-state index is 5.22. The number of nitrogens with two attached hydrogens (primary N) is 1. The van der Waals surface area contributed by atoms with Gasteiger partial charge in [0, 0.05) is 19.1 Å². The molecule has 2 unspecified atom stereocenters. The molecule has 4 nitrogen and oxygen atoms in total. The number of likely N-dealkylation sites (N-methyl/N-ethyl adjacent to an activating group) is 1. The number of nitrogens with one attached hydrogen (secondary N) is 2. The summed E-state index contributed by atoms with van der Waals surface area (Å²) in [4.78, 5) is 2.46. The Morgan fingerprint density at radius 1 is 1.08 bits per heavy atom. The molecule has 1 fully saturated rings. The second kappa shape index (κ2) is 26.4. The first-order chi connectivity index (χ1) is 17.1. The summed E-state index contributed by atoms with van der Waals surface area (Å²) in [6, 6.07) is 21.1. The molecule has 0 radical (unpaired) electrons. The fourth-order valence-corrected chi connectivity index (χ4v) is 3.66. The maximum absolute atomic E-state index is 5.22. The van der Waals surface area contributed by atoms with E-state index in [9.17, 15) is 0 Å². The van der Waals surface area contributed by atoms with Crippen molar-refractivity contribution < 1.29 is 29.6 Å². The minimum absolute atomic E-state index is 0. The third-order valence-electron chi connectivity index (χ3n) is 5.78. The van der Waals surface area contributed by atoms with Crippen LogP contribution < -0.4 is 45.9 Å². The van der Waals surface area contributed by atoms with Crippen LogP contribution in [0.5, 0.6) is 0 Å². The fourth-order valence-electron chi connectivity index (χ4n) is 3.66. The molecule has 0 saturated carbocycles. The zero-order valence-electron chi connectivity index (χ0n) is 23.2. The summed E-state index contributed by atoms with van der Waals surface area (Å²) in [6.07, 6.45) is 8.85. The zero-order chi connectivity index (χ0) is 26.2. The number of likely N-dealkylation sites (tertiary alicyclic amines) is 1. The van der Waals surface area contributed by atoms with Crippen LogP contribution in [-0.4, -0.2) is 44.7 Å². The van der Waals surface area contributed by atoms with Gasteiger partial charge in [-0.25, -0.2) is 0 Å². The van der Waals surface area contributed by atoms with Gasteiger partial charge in [0.05, 0.1) is 0 Å². The van der Waals surface area contributed by atoms with Gasteiger partial charge in [-0.3, -0.25) is 0 Å². The summed E-state index contributed by atoms with van der Waals surface area (Å²) in [5.41, 5.74) is 7.66. The summed E-state index contributed by atoms with van der Waals surface area (Å²) in [5.74, 6) is 0.602. The Hall–Kier alpha value is -1.63. The smallest absolute Gasteiger partial charge is 0.360 e. The average molecular weight is 501 g/mol. The molecule has 0 aromatic heterocycles. The third-order valence-corrected chi connectivity index (χ3v) is 5.78. The van der Waals surface area contributed by atoms with Gasteiger partial charge >= 0.3 is 29.6 Å². The molecule has 0 bridgehead atoms. The SMILES string of the molecule is C=C.C=CCC(C=C)CCNC.CN1CCCC1CNCc1ccccc1.N[CH-]c1ccccc1.[Na+]. The van der Waals surface area contributed by atoms with Crippen LogP contribution in [0.25, 0.3) is 0 Å². The van der Waals surface area contributed by atoms with Crippen LogP contribution in [0.2, 0.25) is 0 Å². The van der Waals surface area contributed by atoms with Gasteiger partial charge in [-0.15, -0.1) is 45.0 Å². The molecule has 2 aromatic carbocycles. The Morgan fingerprint density at radius 2 is 1.69 bits per heavy atom. The number of rotatable bonds is 11. The predicted molar refractivity (Wildman–Crippen MR) is 156 cm³/mol. The molecule has 4 N–H and O–H groups in total. The van der Waals surface area contributed by atoms with Crippen molar-refractivity contribution in [1.29, 1.82) is 0 Å². The first kappa shape index (κ1) is 36.5. The normalized spacial score (nSPS) is 14.7. The minimum Gasteiger partial charge on any atom is -0.360 e. The third kappa shape index (κ3) is 18.6. The van der Waals surface area contributed by atoms with Gasteiger partial charge in [-0.2, -0.15) is 17.7 Å². The Kier molecular flexibility index (Phi) is 26.8. The summed E-state index contributed by atoms with van der Waals surface area (Å²) in [7, 11) is 4.19. The molecule has 3 rings (SSSR count). The number of nitrogens with zero attached hydrogens (tertiary/aromatic N) is 1. The van der Waals surface area contributed by atoms with Crippen LogP contribution in [0.3, 0.4) is 0 Å². The molecule has 0 aliphatic carbocycles. The Morgan fingerprint density at radius 3 is 2.14 bits per heavy atom. The molecule has 1 aliphatic heterocycles. The molecule has 0 spiro atoms. The van der Waals surface area contributed by atoms with E-state index in [1.54, 1.807) is 6.54 Å². The molecule has 36 heavy (non-hydrogen) atoms. The van der Waals surface area contributed by atoms with Gasteiger partial charge in [0.25, 0.3) is 0 Å². The van der Waals surface area contributed by atoms with Crippen LogP contribution in [0.15, 0.2) is 99.1 Å². The van der Waals surface area contributed by atoms with Crippen molar-refractivity contribution in [2.24, 2.45) is 11.7 Å². The van der Waals surface area contributed by atoms with E-state index in [2.05, 4.69) is 79.2 Å². The fraction of sp³-hybridized carbons (Fsp3) is 0.387. The van der Waals surface area contributed by atoms with Gasteiger partial charge in [-0.1, -0.05) is 48.6 Å². The zero-order valence-corrected chi connectivity index (χ0v) is 25.2. The van der Waals surface area contributed by atoms with Crippen molar-refractivity contribution in [3.05, 3.63) is 117 Å². The monoisotopic (exact) mass is 500 g/mol. The molecule has 1 aliphatic rings. The van der Waals surface area contributed by atoms with Crippen LogP contribution in [0.1, 0.15) is 36.8 Å². The standard InChI is InChI=1S/C13H20N2.C9H17N.C7H8N.C2H4.Na/c1-15-9-5-8-13(15)11-14-10-12-6-3-2-4-7-12;1-4-6-9(5-2)7-8-10-3;8-6-7-4-2-1-3-5-7;1-2;/h2-4,6-7,13-14H,5,8-11H2,1H3;4-5,9-10H,1-2,6-8H2,3H3;1-6H,8H2;1-2H2;/q;;-1;;+1. The van der Waals surface area contributed by atoms with Crippen molar-refractivity contribution >= 4 is 0 Å². The van der Waals surface area contributed by atoms with Crippen LogP contribution in [0, 0.1) is 12.5 Å². The molecule has 2 atom stereocenters. The van der Waals surface area contributed by atoms with Gasteiger partial charge < -0.3 is 21.3 Å². The summed E-state index contributed by atoms with van der Waals surface area (Å²) >= 11 is 0. The summed E-state index contributed by atoms with van der Waals surface area (Å²) in [5, 5.41) is 6.64. The molecule has 5 heteroatoms. The Labute approximate surface area is 244 Å². The summed E-state index contributed by atoms with van der Waals surface area (Å²) < 4.78 is 0. The molecule has 194 valence electrons. The van der Waals surface area contributed by atoms with Crippen LogP contribution >= 0.6 is 0 Å². The second-order valence-electron chi connectivity index (χ2n) is 8.38. The molecular formula is C31H49N4Na. The van der Waals surface area contributed by atoms with E-state index in [0.717, 1.165) is 44.1 Å². The van der Waals surface area contributed by atoms with Crippen LogP contribution in [-0.2, 0) is 6.54 Å². The number of benzene rings is 2. The van der Waals surface area contributed by atoms with Crippen molar-refractivity contribution in [3.8, 4) is 0 Å². The first-order valence-electron chi connectivity index (χ1n) is 12.6. The predicted octanol–water partition coefficient (Wildman–Crippen LogP) is 2.81. The van der Waals surface area contributed by atoms with E-state index < -0.39 is 0 Å². The van der Waals surface area contributed by atoms with Crippen molar-refractivity contribution in [2.75, 3.05) is 33.7 Å². The van der Waals surface area contributed by atoms with E-state index in [1.165, 1.54) is 24.9 Å². The van der Waals surface area contributed by atoms with Crippen molar-refractivity contribution in [3.63, 3.8) is 0 Å².